The van der Waals surface area contributed by atoms with Gasteiger partial charge in [-0.2, -0.15) is 0 Å². The first-order valence-electron chi connectivity index (χ1n) is 7.54. The van der Waals surface area contributed by atoms with E-state index in [2.05, 4.69) is 10.6 Å². The van der Waals surface area contributed by atoms with Crippen molar-refractivity contribution in [3.63, 3.8) is 0 Å². The van der Waals surface area contributed by atoms with Gasteiger partial charge in [-0.1, -0.05) is 35.7 Å². The van der Waals surface area contributed by atoms with E-state index >= 15 is 0 Å². The summed E-state index contributed by atoms with van der Waals surface area (Å²) in [6.45, 7) is 1.65. The van der Waals surface area contributed by atoms with Gasteiger partial charge in [-0.15, -0.1) is 0 Å². The van der Waals surface area contributed by atoms with Gasteiger partial charge in [-0.05, 0) is 25.0 Å². The molecular formula is C16H20Cl2N2O4. The molecule has 0 fully saturated rings. The quantitative estimate of drug-likeness (QED) is 0.513. The van der Waals surface area contributed by atoms with Gasteiger partial charge in [0, 0.05) is 19.9 Å². The lowest BCUT2D eigenvalue weighted by atomic mass is 10.2. The summed E-state index contributed by atoms with van der Waals surface area (Å²) in [5.41, 5.74) is 0.292. The fraction of sp³-hybridized carbons (Fsp3) is 0.438. The Morgan fingerprint density at radius 3 is 2.38 bits per heavy atom. The van der Waals surface area contributed by atoms with Crippen molar-refractivity contribution < 1.29 is 19.1 Å². The summed E-state index contributed by atoms with van der Waals surface area (Å²) in [5.74, 6) is -1.03. The third kappa shape index (κ3) is 8.17. The Bertz CT molecular complexity index is 573. The zero-order valence-electron chi connectivity index (χ0n) is 13.4. The average Bonchev–Trinajstić information content (AvgIpc) is 2.52. The predicted molar refractivity (Wildman–Crippen MR) is 93.2 cm³/mol. The highest BCUT2D eigenvalue weighted by atomic mass is 35.5. The van der Waals surface area contributed by atoms with Crippen molar-refractivity contribution in [3.8, 4) is 0 Å². The van der Waals surface area contributed by atoms with E-state index < -0.39 is 18.5 Å². The SMILES string of the molecule is CC(=O)NCCCCCC(=O)OCC(=O)Nc1c(Cl)cccc1Cl. The monoisotopic (exact) mass is 374 g/mol. The summed E-state index contributed by atoms with van der Waals surface area (Å²) in [6, 6.07) is 4.85. The van der Waals surface area contributed by atoms with E-state index in [9.17, 15) is 14.4 Å². The maximum atomic E-state index is 11.8. The van der Waals surface area contributed by atoms with Crippen molar-refractivity contribution in [2.45, 2.75) is 32.6 Å². The second-order valence-corrected chi connectivity index (χ2v) is 5.91. The zero-order valence-corrected chi connectivity index (χ0v) is 14.9. The number of unbranched alkanes of at least 4 members (excludes halogenated alkanes) is 2. The predicted octanol–water partition coefficient (Wildman–Crippen LogP) is 3.17. The molecule has 1 aromatic carbocycles. The molecule has 0 atom stereocenters. The maximum absolute atomic E-state index is 11.8. The van der Waals surface area contributed by atoms with Crippen LogP contribution in [0, 0.1) is 0 Å². The van der Waals surface area contributed by atoms with Crippen LogP contribution in [-0.4, -0.2) is 30.9 Å². The number of anilines is 1. The average molecular weight is 375 g/mol. The summed E-state index contributed by atoms with van der Waals surface area (Å²) in [5, 5.41) is 5.80. The molecule has 0 heterocycles. The van der Waals surface area contributed by atoms with Crippen LogP contribution in [0.25, 0.3) is 0 Å². The van der Waals surface area contributed by atoms with E-state index in [0.717, 1.165) is 12.8 Å². The molecule has 8 heteroatoms. The van der Waals surface area contributed by atoms with Gasteiger partial charge in [0.15, 0.2) is 6.61 Å². The number of rotatable bonds is 9. The standard InChI is InChI=1S/C16H20Cl2N2O4/c1-11(21)19-9-4-2-3-8-15(23)24-10-14(22)20-16-12(17)6-5-7-13(16)18/h5-7H,2-4,8-10H2,1H3,(H,19,21)(H,20,22). The van der Waals surface area contributed by atoms with E-state index in [0.29, 0.717) is 28.7 Å². The summed E-state index contributed by atoms with van der Waals surface area (Å²) in [4.78, 5) is 34.0. The van der Waals surface area contributed by atoms with Gasteiger partial charge >= 0.3 is 5.97 Å². The smallest absolute Gasteiger partial charge is 0.306 e. The lowest BCUT2D eigenvalue weighted by Gasteiger charge is -2.09. The Hall–Kier alpha value is -1.79. The largest absolute Gasteiger partial charge is 0.456 e. The highest BCUT2D eigenvalue weighted by molar-refractivity contribution is 6.39. The first-order chi connectivity index (χ1) is 11.4. The minimum Gasteiger partial charge on any atom is -0.456 e. The van der Waals surface area contributed by atoms with Gasteiger partial charge < -0.3 is 15.4 Å². The van der Waals surface area contributed by atoms with Gasteiger partial charge in [-0.25, -0.2) is 0 Å². The number of nitrogens with one attached hydrogen (secondary N) is 2. The fourth-order valence-electron chi connectivity index (χ4n) is 1.85. The van der Waals surface area contributed by atoms with Crippen molar-refractivity contribution in [2.75, 3.05) is 18.5 Å². The number of esters is 1. The molecular weight excluding hydrogens is 355 g/mol. The summed E-state index contributed by atoms with van der Waals surface area (Å²) < 4.78 is 4.89. The van der Waals surface area contributed by atoms with Crippen LogP contribution in [-0.2, 0) is 19.1 Å². The molecule has 2 N–H and O–H groups in total. The minimum atomic E-state index is -0.510. The lowest BCUT2D eigenvalue weighted by Crippen LogP contribution is -2.21. The number of benzene rings is 1. The summed E-state index contributed by atoms with van der Waals surface area (Å²) in [7, 11) is 0. The molecule has 0 radical (unpaired) electrons. The second-order valence-electron chi connectivity index (χ2n) is 5.10. The number of hydrogen-bond acceptors (Lipinski definition) is 4. The fourth-order valence-corrected chi connectivity index (χ4v) is 2.34. The van der Waals surface area contributed by atoms with Crippen LogP contribution in [0.4, 0.5) is 5.69 Å². The first kappa shape index (κ1) is 20.3. The molecule has 0 aliphatic rings. The Labute approximate surface area is 150 Å². The first-order valence-corrected chi connectivity index (χ1v) is 8.29. The number of para-hydroxylation sites is 1. The Kier molecular flexibility index (Phi) is 9.19. The van der Waals surface area contributed by atoms with Gasteiger partial charge in [0.05, 0.1) is 15.7 Å². The van der Waals surface area contributed by atoms with E-state index in [1.165, 1.54) is 6.92 Å². The molecule has 2 amide bonds. The molecule has 132 valence electrons. The zero-order chi connectivity index (χ0) is 17.9. The molecule has 0 aromatic heterocycles. The van der Waals surface area contributed by atoms with Crippen LogP contribution in [0.1, 0.15) is 32.6 Å². The van der Waals surface area contributed by atoms with Gasteiger partial charge in [-0.3, -0.25) is 14.4 Å². The number of halogens is 2. The number of ether oxygens (including phenoxy) is 1. The van der Waals surface area contributed by atoms with Crippen LogP contribution >= 0.6 is 23.2 Å². The number of carbonyl (C=O) groups excluding carboxylic acids is 3. The highest BCUT2D eigenvalue weighted by Crippen LogP contribution is 2.29. The van der Waals surface area contributed by atoms with Gasteiger partial charge in [0.25, 0.3) is 5.91 Å². The number of hydrogen-bond donors (Lipinski definition) is 2. The molecule has 0 aliphatic carbocycles. The number of amides is 2. The third-order valence-corrected chi connectivity index (χ3v) is 3.65. The van der Waals surface area contributed by atoms with E-state index in [-0.39, 0.29) is 12.3 Å². The highest BCUT2D eigenvalue weighted by Gasteiger charge is 2.11. The Morgan fingerprint density at radius 2 is 1.75 bits per heavy atom. The Morgan fingerprint density at radius 1 is 1.08 bits per heavy atom. The molecule has 0 bridgehead atoms. The maximum Gasteiger partial charge on any atom is 0.306 e. The van der Waals surface area contributed by atoms with E-state index in [1.807, 2.05) is 0 Å². The van der Waals surface area contributed by atoms with Crippen molar-refractivity contribution in [1.82, 2.24) is 5.32 Å². The van der Waals surface area contributed by atoms with E-state index in [1.54, 1.807) is 18.2 Å². The third-order valence-electron chi connectivity index (χ3n) is 3.02. The van der Waals surface area contributed by atoms with Crippen LogP contribution < -0.4 is 10.6 Å². The van der Waals surface area contributed by atoms with Crippen molar-refractivity contribution in [1.29, 1.82) is 0 Å². The van der Waals surface area contributed by atoms with E-state index in [4.69, 9.17) is 27.9 Å². The molecule has 0 saturated carbocycles. The van der Waals surface area contributed by atoms with Crippen LogP contribution in [0.3, 0.4) is 0 Å². The summed E-state index contributed by atoms with van der Waals surface area (Å²) >= 11 is 11.9. The topological polar surface area (TPSA) is 84.5 Å². The molecule has 0 saturated heterocycles. The molecule has 24 heavy (non-hydrogen) atoms. The molecule has 0 unspecified atom stereocenters. The Balaban J connectivity index is 2.20. The lowest BCUT2D eigenvalue weighted by molar-refractivity contribution is -0.147. The van der Waals surface area contributed by atoms with Crippen LogP contribution in [0.2, 0.25) is 10.0 Å². The molecule has 0 aliphatic heterocycles. The van der Waals surface area contributed by atoms with Crippen molar-refractivity contribution >= 4 is 46.7 Å². The van der Waals surface area contributed by atoms with Crippen LogP contribution in [0.15, 0.2) is 18.2 Å². The molecule has 6 nitrogen and oxygen atoms in total. The molecule has 1 rings (SSSR count). The van der Waals surface area contributed by atoms with Gasteiger partial charge in [0.2, 0.25) is 5.91 Å². The minimum absolute atomic E-state index is 0.0703. The van der Waals surface area contributed by atoms with Crippen molar-refractivity contribution in [3.05, 3.63) is 28.2 Å². The molecule has 0 spiro atoms. The number of carbonyl (C=O) groups is 3. The normalized spacial score (nSPS) is 10.1. The molecule has 1 aromatic rings. The second kappa shape index (κ2) is 10.9. The van der Waals surface area contributed by atoms with Gasteiger partial charge in [0.1, 0.15) is 0 Å². The van der Waals surface area contributed by atoms with Crippen molar-refractivity contribution in [2.24, 2.45) is 0 Å². The van der Waals surface area contributed by atoms with Crippen LogP contribution in [0.5, 0.6) is 0 Å². The summed E-state index contributed by atoms with van der Waals surface area (Å²) in [6.07, 6.45) is 2.44.